The molecule has 20 heavy (non-hydrogen) atoms. The normalized spacial score (nSPS) is 11.1. The van der Waals surface area contributed by atoms with Gasteiger partial charge in [0.1, 0.15) is 4.88 Å². The van der Waals surface area contributed by atoms with Gasteiger partial charge in [0, 0.05) is 6.20 Å². The average molecular weight is 310 g/mol. The molecule has 0 bridgehead atoms. The molecule has 0 fully saturated rings. The molecule has 0 unspecified atom stereocenters. The molecule has 0 amide bonds. The van der Waals surface area contributed by atoms with Crippen LogP contribution >= 0.6 is 23.1 Å². The Morgan fingerprint density at radius 1 is 1.45 bits per heavy atom. The van der Waals surface area contributed by atoms with Gasteiger partial charge in [0.25, 0.3) is 0 Å². The van der Waals surface area contributed by atoms with Crippen LogP contribution in [-0.2, 0) is 6.42 Å². The summed E-state index contributed by atoms with van der Waals surface area (Å²) in [6.07, 6.45) is 2.14. The average Bonchev–Trinajstić information content (AvgIpc) is 3.03. The Kier molecular flexibility index (Phi) is 3.11. The van der Waals surface area contributed by atoms with Crippen molar-refractivity contribution in [3.05, 3.63) is 28.5 Å². The first-order valence-corrected chi connectivity index (χ1v) is 6.86. The number of fused-ring (bicyclic) bond motifs is 1. The van der Waals surface area contributed by atoms with Crippen molar-refractivity contribution in [1.29, 1.82) is 0 Å². The Bertz CT molecular complexity index is 812. The summed E-state index contributed by atoms with van der Waals surface area (Å²) in [6, 6.07) is 1.35. The summed E-state index contributed by atoms with van der Waals surface area (Å²) in [5, 5.41) is 21.4. The van der Waals surface area contributed by atoms with Crippen LogP contribution in [0.15, 0.2) is 12.3 Å². The second kappa shape index (κ2) is 4.80. The van der Waals surface area contributed by atoms with Crippen LogP contribution in [-0.4, -0.2) is 35.3 Å². The van der Waals surface area contributed by atoms with Crippen LogP contribution in [0.3, 0.4) is 0 Å². The van der Waals surface area contributed by atoms with Gasteiger partial charge in [-0.2, -0.15) is 0 Å². The van der Waals surface area contributed by atoms with Gasteiger partial charge in [-0.1, -0.05) is 23.0 Å². The van der Waals surface area contributed by atoms with Crippen molar-refractivity contribution in [2.24, 2.45) is 0 Å². The third kappa shape index (κ3) is 1.93. The molecule has 0 radical (unpaired) electrons. The summed E-state index contributed by atoms with van der Waals surface area (Å²) in [4.78, 5) is 11.9. The number of pyridine rings is 1. The summed E-state index contributed by atoms with van der Waals surface area (Å²) >= 11 is 7.23. The molecule has 0 aliphatic carbocycles. The van der Waals surface area contributed by atoms with Gasteiger partial charge in [-0.15, -0.1) is 15.3 Å². The predicted molar refractivity (Wildman–Crippen MR) is 73.2 cm³/mol. The number of halogens is 1. The summed E-state index contributed by atoms with van der Waals surface area (Å²) in [6.45, 7) is 1.96. The van der Waals surface area contributed by atoms with Gasteiger partial charge < -0.3 is 5.11 Å². The molecule has 3 aromatic rings. The lowest BCUT2D eigenvalue weighted by molar-refractivity contribution is 0.0696. The van der Waals surface area contributed by atoms with E-state index in [0.29, 0.717) is 17.9 Å². The molecule has 102 valence electrons. The van der Waals surface area contributed by atoms with E-state index in [0.717, 1.165) is 10.6 Å². The number of rotatable bonds is 3. The molecule has 1 N–H and O–H groups in total. The molecule has 3 aromatic heterocycles. The third-order valence-corrected chi connectivity index (χ3v) is 3.84. The third-order valence-electron chi connectivity index (χ3n) is 2.80. The minimum atomic E-state index is -1.06. The van der Waals surface area contributed by atoms with Crippen LogP contribution in [0.2, 0.25) is 5.02 Å². The van der Waals surface area contributed by atoms with E-state index in [1.54, 1.807) is 4.40 Å². The van der Waals surface area contributed by atoms with E-state index in [9.17, 15) is 4.79 Å². The van der Waals surface area contributed by atoms with Gasteiger partial charge in [-0.05, 0) is 24.0 Å². The molecular formula is C11H8ClN5O2S. The molecule has 9 heteroatoms. The number of hydrogen-bond donors (Lipinski definition) is 1. The Morgan fingerprint density at radius 3 is 2.95 bits per heavy atom. The van der Waals surface area contributed by atoms with Gasteiger partial charge in [0.2, 0.25) is 0 Å². The topological polar surface area (TPSA) is 93.3 Å². The minimum Gasteiger partial charge on any atom is -0.478 e. The van der Waals surface area contributed by atoms with Crippen molar-refractivity contribution in [3.63, 3.8) is 0 Å². The van der Waals surface area contributed by atoms with Gasteiger partial charge in [-0.25, -0.2) is 4.79 Å². The lowest BCUT2D eigenvalue weighted by Crippen LogP contribution is -2.00. The monoisotopic (exact) mass is 309 g/mol. The number of hydrogen-bond acceptors (Lipinski definition) is 6. The van der Waals surface area contributed by atoms with Crippen LogP contribution in [0.4, 0.5) is 0 Å². The van der Waals surface area contributed by atoms with Gasteiger partial charge >= 0.3 is 5.97 Å². The number of carbonyl (C=O) groups is 1. The number of aromatic nitrogens is 5. The van der Waals surface area contributed by atoms with E-state index in [-0.39, 0.29) is 10.6 Å². The number of carboxylic acid groups (broad SMARTS) is 1. The predicted octanol–water partition coefficient (Wildman–Crippen LogP) is 2.16. The molecule has 0 atom stereocenters. The number of carboxylic acids is 1. The zero-order valence-corrected chi connectivity index (χ0v) is 11.8. The van der Waals surface area contributed by atoms with Gasteiger partial charge in [0.05, 0.1) is 16.3 Å². The first-order valence-electron chi connectivity index (χ1n) is 5.71. The molecule has 0 aliphatic rings. The standard InChI is InChI=1S/C11H8ClN5O2S/c1-2-7-8(20-16-13-7)10-15-14-9-6(12)3-5(11(18)19)4-17(9)10/h3-4H,2H2,1H3,(H,18,19). The van der Waals surface area contributed by atoms with Crippen LogP contribution < -0.4 is 0 Å². The SMILES string of the molecule is CCc1nnsc1-c1nnc2c(Cl)cc(C(=O)O)cn12. The molecular weight excluding hydrogens is 302 g/mol. The van der Waals surface area contributed by atoms with E-state index in [4.69, 9.17) is 16.7 Å². The molecule has 3 heterocycles. The highest BCUT2D eigenvalue weighted by Gasteiger charge is 2.18. The first kappa shape index (κ1) is 12.9. The summed E-state index contributed by atoms with van der Waals surface area (Å²) < 4.78 is 5.45. The fourth-order valence-electron chi connectivity index (χ4n) is 1.84. The van der Waals surface area contributed by atoms with Crippen LogP contribution in [0.1, 0.15) is 23.0 Å². The lowest BCUT2D eigenvalue weighted by Gasteiger charge is -2.02. The molecule has 3 rings (SSSR count). The summed E-state index contributed by atoms with van der Waals surface area (Å²) in [7, 11) is 0. The number of aromatic carboxylic acids is 1. The number of nitrogens with zero attached hydrogens (tertiary/aromatic N) is 5. The number of aryl methyl sites for hydroxylation is 1. The van der Waals surface area contributed by atoms with E-state index in [1.807, 2.05) is 6.92 Å². The maximum Gasteiger partial charge on any atom is 0.337 e. The minimum absolute atomic E-state index is 0.0686. The Morgan fingerprint density at radius 2 is 2.25 bits per heavy atom. The maximum absolute atomic E-state index is 11.1. The maximum atomic E-state index is 11.1. The Balaban J connectivity index is 2.30. The van der Waals surface area contributed by atoms with Crippen molar-refractivity contribution >= 4 is 34.7 Å². The van der Waals surface area contributed by atoms with Gasteiger partial charge in [0.15, 0.2) is 11.5 Å². The molecule has 0 aliphatic heterocycles. The summed E-state index contributed by atoms with van der Waals surface area (Å²) in [5.41, 5.74) is 1.27. The van der Waals surface area contributed by atoms with Crippen molar-refractivity contribution in [1.82, 2.24) is 24.2 Å². The molecule has 0 aromatic carbocycles. The Labute approximate surface area is 122 Å². The largest absolute Gasteiger partial charge is 0.478 e. The van der Waals surface area contributed by atoms with Crippen molar-refractivity contribution in [2.45, 2.75) is 13.3 Å². The molecule has 7 nitrogen and oxygen atoms in total. The molecule has 0 saturated heterocycles. The van der Waals surface area contributed by atoms with Crippen molar-refractivity contribution in [3.8, 4) is 10.7 Å². The lowest BCUT2D eigenvalue weighted by atomic mass is 10.2. The zero-order valence-electron chi connectivity index (χ0n) is 10.2. The van der Waals surface area contributed by atoms with Gasteiger partial charge in [-0.3, -0.25) is 4.40 Å². The van der Waals surface area contributed by atoms with Crippen LogP contribution in [0, 0.1) is 0 Å². The summed E-state index contributed by atoms with van der Waals surface area (Å²) in [5.74, 6) is -0.566. The quantitative estimate of drug-likeness (QED) is 0.797. The highest BCUT2D eigenvalue weighted by molar-refractivity contribution is 7.09. The van der Waals surface area contributed by atoms with Crippen molar-refractivity contribution < 1.29 is 9.90 Å². The van der Waals surface area contributed by atoms with E-state index in [2.05, 4.69) is 19.8 Å². The zero-order chi connectivity index (χ0) is 14.3. The van der Waals surface area contributed by atoms with Crippen LogP contribution in [0.25, 0.3) is 16.3 Å². The molecule has 0 saturated carbocycles. The van der Waals surface area contributed by atoms with Crippen molar-refractivity contribution in [2.75, 3.05) is 0 Å². The van der Waals surface area contributed by atoms with E-state index >= 15 is 0 Å². The highest BCUT2D eigenvalue weighted by Crippen LogP contribution is 2.28. The van der Waals surface area contributed by atoms with Crippen LogP contribution in [0.5, 0.6) is 0 Å². The first-order chi connectivity index (χ1) is 9.61. The fraction of sp³-hybridized carbons (Fsp3) is 0.182. The second-order valence-corrected chi connectivity index (χ2v) is 5.16. The van der Waals surface area contributed by atoms with E-state index < -0.39 is 5.97 Å². The second-order valence-electron chi connectivity index (χ2n) is 4.00. The fourth-order valence-corrected chi connectivity index (χ4v) is 2.81. The Hall–Kier alpha value is -2.06. The molecule has 0 spiro atoms. The van der Waals surface area contributed by atoms with E-state index in [1.165, 1.54) is 23.8 Å². The highest BCUT2D eigenvalue weighted by atomic mass is 35.5. The smallest absolute Gasteiger partial charge is 0.337 e.